The molecule has 2 N–H and O–H groups in total. The summed E-state index contributed by atoms with van der Waals surface area (Å²) in [5.74, 6) is 0.453. The average Bonchev–Trinajstić information content (AvgIpc) is 2.93. The van der Waals surface area contributed by atoms with Gasteiger partial charge in [-0.1, -0.05) is 32.0 Å². The molecular formula is C19H28FN5. The normalized spacial score (nSPS) is 11.6. The molecule has 6 heteroatoms. The molecule has 0 spiro atoms. The molecule has 5 nitrogen and oxygen atoms in total. The fourth-order valence-electron chi connectivity index (χ4n) is 2.90. The lowest BCUT2D eigenvalue weighted by molar-refractivity contribution is 0.610. The first kappa shape index (κ1) is 19.0. The quantitative estimate of drug-likeness (QED) is 0.599. The van der Waals surface area contributed by atoms with Gasteiger partial charge in [-0.2, -0.15) is 5.10 Å². The third-order valence-corrected chi connectivity index (χ3v) is 4.17. The number of aromatic nitrogens is 2. The monoisotopic (exact) mass is 345 g/mol. The van der Waals surface area contributed by atoms with Gasteiger partial charge in [0.15, 0.2) is 5.96 Å². The lowest BCUT2D eigenvalue weighted by Crippen LogP contribution is -2.37. The van der Waals surface area contributed by atoms with Crippen LogP contribution in [0, 0.1) is 5.82 Å². The Labute approximate surface area is 149 Å². The summed E-state index contributed by atoms with van der Waals surface area (Å²) in [5.41, 5.74) is 4.15. The fraction of sp³-hybridized carbons (Fsp3) is 0.474. The van der Waals surface area contributed by atoms with Crippen molar-refractivity contribution in [3.63, 3.8) is 0 Å². The van der Waals surface area contributed by atoms with Crippen molar-refractivity contribution in [3.05, 3.63) is 52.6 Å². The Balaban J connectivity index is 2.12. The summed E-state index contributed by atoms with van der Waals surface area (Å²) in [6.45, 7) is 7.97. The van der Waals surface area contributed by atoms with E-state index in [1.54, 1.807) is 12.1 Å². The third kappa shape index (κ3) is 4.81. The molecule has 1 heterocycles. The lowest BCUT2D eigenvalue weighted by atomic mass is 10.1. The second-order valence-corrected chi connectivity index (χ2v) is 5.84. The molecular weight excluding hydrogens is 317 g/mol. The number of nitrogens with one attached hydrogen (secondary N) is 2. The number of hydrogen-bond acceptors (Lipinski definition) is 2. The molecule has 0 amide bonds. The molecule has 136 valence electrons. The molecule has 0 saturated carbocycles. The van der Waals surface area contributed by atoms with E-state index in [0.29, 0.717) is 24.6 Å². The molecule has 0 radical (unpaired) electrons. The molecule has 0 bridgehead atoms. The molecule has 25 heavy (non-hydrogen) atoms. The van der Waals surface area contributed by atoms with Crippen LogP contribution >= 0.6 is 0 Å². The number of aryl methyl sites for hydroxylation is 2. The van der Waals surface area contributed by atoms with E-state index >= 15 is 0 Å². The van der Waals surface area contributed by atoms with Crippen LogP contribution in [-0.4, -0.2) is 22.3 Å². The van der Waals surface area contributed by atoms with Crippen molar-refractivity contribution in [1.29, 1.82) is 0 Å². The van der Waals surface area contributed by atoms with Gasteiger partial charge in [0.1, 0.15) is 5.82 Å². The zero-order chi connectivity index (χ0) is 18.2. The van der Waals surface area contributed by atoms with Gasteiger partial charge in [-0.25, -0.2) is 9.38 Å². The molecule has 1 aromatic heterocycles. The molecule has 1 aromatic carbocycles. The summed E-state index contributed by atoms with van der Waals surface area (Å²) >= 11 is 0. The standard InChI is InChI=1S/C19H28FN5/c1-5-17-15(18(6-2)25(4)24-17)13-23-19(21-7-3)22-12-14-10-8-9-11-16(14)20/h8-11H,5-7,12-13H2,1-4H3,(H2,21,22,23). The van der Waals surface area contributed by atoms with Crippen LogP contribution in [0.5, 0.6) is 0 Å². The van der Waals surface area contributed by atoms with Crippen molar-refractivity contribution < 1.29 is 4.39 Å². The van der Waals surface area contributed by atoms with Gasteiger partial charge in [-0.3, -0.25) is 4.68 Å². The average molecular weight is 345 g/mol. The molecule has 2 rings (SSSR count). The number of benzene rings is 1. The predicted molar refractivity (Wildman–Crippen MR) is 100 cm³/mol. The topological polar surface area (TPSA) is 54.2 Å². The van der Waals surface area contributed by atoms with Crippen molar-refractivity contribution >= 4 is 5.96 Å². The first-order valence-corrected chi connectivity index (χ1v) is 8.89. The SMILES string of the molecule is CCNC(=NCc1ccccc1F)NCc1c(CC)nn(C)c1CC. The van der Waals surface area contributed by atoms with E-state index in [2.05, 4.69) is 34.6 Å². The van der Waals surface area contributed by atoms with Crippen molar-refractivity contribution in [3.8, 4) is 0 Å². The fourth-order valence-corrected chi connectivity index (χ4v) is 2.90. The van der Waals surface area contributed by atoms with Gasteiger partial charge in [0.25, 0.3) is 0 Å². The van der Waals surface area contributed by atoms with E-state index in [1.807, 2.05) is 24.7 Å². The Morgan fingerprint density at radius 2 is 1.92 bits per heavy atom. The van der Waals surface area contributed by atoms with E-state index in [-0.39, 0.29) is 5.82 Å². The van der Waals surface area contributed by atoms with Crippen LogP contribution in [0.3, 0.4) is 0 Å². The number of halogens is 1. The number of rotatable bonds is 7. The maximum Gasteiger partial charge on any atom is 0.191 e. The number of guanidine groups is 1. The van der Waals surface area contributed by atoms with Gasteiger partial charge >= 0.3 is 0 Å². The Hall–Kier alpha value is -2.37. The summed E-state index contributed by atoms with van der Waals surface area (Å²) in [7, 11) is 1.99. The third-order valence-electron chi connectivity index (χ3n) is 4.17. The summed E-state index contributed by atoms with van der Waals surface area (Å²) in [4.78, 5) is 4.50. The van der Waals surface area contributed by atoms with E-state index in [1.165, 1.54) is 17.3 Å². The molecule has 0 aliphatic heterocycles. The van der Waals surface area contributed by atoms with Crippen LogP contribution in [-0.2, 0) is 33.0 Å². The summed E-state index contributed by atoms with van der Waals surface area (Å²) < 4.78 is 15.7. The van der Waals surface area contributed by atoms with E-state index in [0.717, 1.165) is 25.1 Å². The molecule has 0 aliphatic rings. The minimum absolute atomic E-state index is 0.226. The van der Waals surface area contributed by atoms with Gasteiger partial charge in [0.05, 0.1) is 12.2 Å². The van der Waals surface area contributed by atoms with Crippen LogP contribution in [0.15, 0.2) is 29.3 Å². The molecule has 0 saturated heterocycles. The highest BCUT2D eigenvalue weighted by Gasteiger charge is 2.13. The maximum absolute atomic E-state index is 13.8. The van der Waals surface area contributed by atoms with Crippen LogP contribution in [0.25, 0.3) is 0 Å². The Morgan fingerprint density at radius 1 is 1.16 bits per heavy atom. The predicted octanol–water partition coefficient (Wildman–Crippen LogP) is 2.94. The maximum atomic E-state index is 13.8. The van der Waals surface area contributed by atoms with Crippen LogP contribution in [0.4, 0.5) is 4.39 Å². The number of hydrogen-bond donors (Lipinski definition) is 2. The van der Waals surface area contributed by atoms with Gasteiger partial charge < -0.3 is 10.6 Å². The summed E-state index contributed by atoms with van der Waals surface area (Å²) in [6, 6.07) is 6.73. The summed E-state index contributed by atoms with van der Waals surface area (Å²) in [6.07, 6.45) is 1.83. The zero-order valence-corrected chi connectivity index (χ0v) is 15.6. The highest BCUT2D eigenvalue weighted by Crippen LogP contribution is 2.15. The van der Waals surface area contributed by atoms with Crippen molar-refractivity contribution in [2.75, 3.05) is 6.54 Å². The molecule has 0 aliphatic carbocycles. The van der Waals surface area contributed by atoms with Crippen molar-refractivity contribution in [2.24, 2.45) is 12.0 Å². The molecule has 2 aromatic rings. The minimum Gasteiger partial charge on any atom is -0.357 e. The smallest absolute Gasteiger partial charge is 0.191 e. The minimum atomic E-state index is -0.226. The highest BCUT2D eigenvalue weighted by molar-refractivity contribution is 5.79. The second-order valence-electron chi connectivity index (χ2n) is 5.84. The van der Waals surface area contributed by atoms with E-state index in [4.69, 9.17) is 0 Å². The molecule has 0 unspecified atom stereocenters. The van der Waals surface area contributed by atoms with E-state index in [9.17, 15) is 4.39 Å². The van der Waals surface area contributed by atoms with Crippen molar-refractivity contribution in [2.45, 2.75) is 46.7 Å². The van der Waals surface area contributed by atoms with Gasteiger partial charge in [-0.15, -0.1) is 0 Å². The van der Waals surface area contributed by atoms with Gasteiger partial charge in [0.2, 0.25) is 0 Å². The number of aliphatic imine (C=N–C) groups is 1. The molecule has 0 atom stereocenters. The largest absolute Gasteiger partial charge is 0.357 e. The Bertz CT molecular complexity index is 721. The second kappa shape index (κ2) is 9.20. The van der Waals surface area contributed by atoms with Crippen LogP contribution in [0.2, 0.25) is 0 Å². The van der Waals surface area contributed by atoms with Crippen LogP contribution < -0.4 is 10.6 Å². The van der Waals surface area contributed by atoms with Crippen LogP contribution in [0.1, 0.15) is 43.3 Å². The first-order chi connectivity index (χ1) is 12.1. The Kier molecular flexibility index (Phi) is 6.98. The van der Waals surface area contributed by atoms with E-state index < -0.39 is 0 Å². The highest BCUT2D eigenvalue weighted by atomic mass is 19.1. The zero-order valence-electron chi connectivity index (χ0n) is 15.6. The first-order valence-electron chi connectivity index (χ1n) is 8.89. The van der Waals surface area contributed by atoms with Crippen molar-refractivity contribution in [1.82, 2.24) is 20.4 Å². The van der Waals surface area contributed by atoms with Gasteiger partial charge in [0, 0.05) is 37.0 Å². The lowest BCUT2D eigenvalue weighted by Gasteiger charge is -2.12. The van der Waals surface area contributed by atoms with Gasteiger partial charge in [-0.05, 0) is 25.8 Å². The number of nitrogens with zero attached hydrogens (tertiary/aromatic N) is 3. The summed E-state index contributed by atoms with van der Waals surface area (Å²) in [5, 5.41) is 11.2. The molecule has 0 fully saturated rings. The Morgan fingerprint density at radius 3 is 2.56 bits per heavy atom.